The summed E-state index contributed by atoms with van der Waals surface area (Å²) >= 11 is 0. The zero-order chi connectivity index (χ0) is 28.3. The maximum Gasteiger partial charge on any atom is 0.253 e. The van der Waals surface area contributed by atoms with Gasteiger partial charge in [0.2, 0.25) is 0 Å². The lowest BCUT2D eigenvalue weighted by Crippen LogP contribution is -2.51. The Hall–Kier alpha value is -4.07. The van der Waals surface area contributed by atoms with Gasteiger partial charge in [-0.05, 0) is 81.8 Å². The zero-order valence-electron chi connectivity index (χ0n) is 23.9. The molecule has 6 rings (SSSR count). The molecule has 0 saturated carbocycles. The topological polar surface area (TPSA) is 86.8 Å². The molecule has 1 aromatic heterocycles. The molecule has 3 aliphatic heterocycles. The normalized spacial score (nSPS) is 22.3. The van der Waals surface area contributed by atoms with E-state index >= 15 is 0 Å². The molecule has 8 heteroatoms. The number of anilines is 2. The fourth-order valence-corrected chi connectivity index (χ4v) is 6.88. The molecule has 4 heterocycles. The van der Waals surface area contributed by atoms with Crippen LogP contribution in [0.25, 0.3) is 0 Å². The Bertz CT molecular complexity index is 1360. The summed E-state index contributed by atoms with van der Waals surface area (Å²) in [6.45, 7) is 3.79. The molecule has 0 aliphatic carbocycles. The molecule has 3 aliphatic rings. The lowest BCUT2D eigenvalue weighted by molar-refractivity contribution is 0.0920. The second-order valence-corrected chi connectivity index (χ2v) is 11.5. The molecule has 3 saturated heterocycles. The smallest absolute Gasteiger partial charge is 0.253 e. The van der Waals surface area contributed by atoms with Gasteiger partial charge in [-0.3, -0.25) is 9.59 Å². The van der Waals surface area contributed by atoms with Crippen molar-refractivity contribution in [3.63, 3.8) is 0 Å². The Kier molecular flexibility index (Phi) is 7.81. The number of amides is 2. The number of methoxy groups -OCH3 is 1. The minimum absolute atomic E-state index is 0.0431. The van der Waals surface area contributed by atoms with Crippen LogP contribution in [0.4, 0.5) is 11.5 Å². The van der Waals surface area contributed by atoms with Gasteiger partial charge in [-0.15, -0.1) is 0 Å². The molecule has 2 atom stereocenters. The molecule has 2 aromatic carbocycles. The third-order valence-electron chi connectivity index (χ3n) is 9.04. The van der Waals surface area contributed by atoms with Gasteiger partial charge in [0.05, 0.1) is 12.7 Å². The van der Waals surface area contributed by atoms with Gasteiger partial charge in [-0.1, -0.05) is 24.3 Å². The molecule has 214 valence electrons. The Morgan fingerprint density at radius 3 is 2.20 bits per heavy atom. The molecule has 2 amide bonds. The van der Waals surface area contributed by atoms with E-state index in [4.69, 9.17) is 9.72 Å². The second-order valence-electron chi connectivity index (χ2n) is 11.5. The van der Waals surface area contributed by atoms with Gasteiger partial charge in [-0.25, -0.2) is 4.98 Å². The number of para-hydroxylation sites is 1. The summed E-state index contributed by atoms with van der Waals surface area (Å²) < 4.78 is 5.39. The van der Waals surface area contributed by atoms with Gasteiger partial charge >= 0.3 is 0 Å². The molecule has 0 spiro atoms. The first-order chi connectivity index (χ1) is 20.0. The zero-order valence-corrected chi connectivity index (χ0v) is 23.9. The number of ether oxygens (including phenoxy) is 1. The van der Waals surface area contributed by atoms with Crippen molar-refractivity contribution in [1.82, 2.24) is 15.6 Å². The summed E-state index contributed by atoms with van der Waals surface area (Å²) in [6, 6.07) is 20.9. The van der Waals surface area contributed by atoms with Crippen molar-refractivity contribution >= 4 is 23.3 Å². The Labute approximate surface area is 242 Å². The fourth-order valence-electron chi connectivity index (χ4n) is 6.88. The van der Waals surface area contributed by atoms with E-state index in [9.17, 15) is 9.59 Å². The molecule has 3 fully saturated rings. The number of nitrogens with one attached hydrogen (secondary N) is 2. The molecule has 41 heavy (non-hydrogen) atoms. The first-order valence-electron chi connectivity index (χ1n) is 14.8. The van der Waals surface area contributed by atoms with E-state index in [-0.39, 0.29) is 23.9 Å². The summed E-state index contributed by atoms with van der Waals surface area (Å²) in [5.74, 6) is 1.54. The Morgan fingerprint density at radius 2 is 1.54 bits per heavy atom. The molecule has 3 aromatic rings. The minimum Gasteiger partial charge on any atom is -0.496 e. The first kappa shape index (κ1) is 27.1. The van der Waals surface area contributed by atoms with Crippen molar-refractivity contribution in [2.24, 2.45) is 0 Å². The predicted octanol–water partition coefficient (Wildman–Crippen LogP) is 4.73. The number of carbonyl (C=O) groups excluding carboxylic acids is 2. The maximum absolute atomic E-state index is 13.1. The number of pyridine rings is 1. The average molecular weight is 554 g/mol. The van der Waals surface area contributed by atoms with Crippen molar-refractivity contribution in [3.8, 4) is 5.75 Å². The van der Waals surface area contributed by atoms with Crippen LogP contribution in [0, 0.1) is 6.92 Å². The first-order valence-corrected chi connectivity index (χ1v) is 14.8. The Morgan fingerprint density at radius 1 is 0.829 bits per heavy atom. The average Bonchev–Trinajstić information content (AvgIpc) is 3.27. The van der Waals surface area contributed by atoms with Crippen LogP contribution >= 0.6 is 0 Å². The number of carbonyl (C=O) groups is 2. The quantitative estimate of drug-likeness (QED) is 0.440. The molecular formula is C33H39N5O3. The third-order valence-corrected chi connectivity index (χ3v) is 9.04. The number of fused-ring (bicyclic) bond motifs is 2. The SMILES string of the molecule is COc1cccc(C(=O)NC2CC3CCC(C2)N3c2ccc(C(=O)NC3CCN(c4ccccc4)CC3)cn2)c1C. The molecule has 2 unspecified atom stereocenters. The predicted molar refractivity (Wildman–Crippen MR) is 161 cm³/mol. The highest BCUT2D eigenvalue weighted by atomic mass is 16.5. The number of benzene rings is 2. The molecule has 2 N–H and O–H groups in total. The van der Waals surface area contributed by atoms with Crippen LogP contribution in [-0.4, -0.2) is 61.2 Å². The lowest BCUT2D eigenvalue weighted by Gasteiger charge is -2.40. The minimum atomic E-state index is -0.0561. The van der Waals surface area contributed by atoms with Crippen molar-refractivity contribution in [1.29, 1.82) is 0 Å². The van der Waals surface area contributed by atoms with Crippen molar-refractivity contribution < 1.29 is 14.3 Å². The summed E-state index contributed by atoms with van der Waals surface area (Å²) in [4.78, 5) is 35.6. The highest BCUT2D eigenvalue weighted by Crippen LogP contribution is 2.38. The van der Waals surface area contributed by atoms with E-state index in [2.05, 4.69) is 44.7 Å². The molecular weight excluding hydrogens is 514 g/mol. The number of aromatic nitrogens is 1. The van der Waals surface area contributed by atoms with Gasteiger partial charge in [-0.2, -0.15) is 0 Å². The molecule has 2 bridgehead atoms. The molecule has 0 radical (unpaired) electrons. The number of rotatable bonds is 7. The van der Waals surface area contributed by atoms with Crippen LogP contribution in [0.5, 0.6) is 5.75 Å². The second kappa shape index (κ2) is 11.8. The van der Waals surface area contributed by atoms with Gasteiger partial charge in [0, 0.05) is 60.3 Å². The standard InChI is InChI=1S/C33H39N5O3/c1-22-29(9-6-10-30(22)41-2)33(40)36-25-19-27-12-13-28(20-25)38(27)31-14-11-23(21-34-31)32(39)35-24-15-17-37(18-16-24)26-7-4-3-5-8-26/h3-11,14,21,24-25,27-28H,12-13,15-20H2,1-2H3,(H,35,39)(H,36,40). The van der Waals surface area contributed by atoms with E-state index in [1.54, 1.807) is 13.3 Å². The summed E-state index contributed by atoms with van der Waals surface area (Å²) in [6.07, 6.45) is 7.51. The third kappa shape index (κ3) is 5.73. The van der Waals surface area contributed by atoms with E-state index in [1.165, 1.54) is 5.69 Å². The van der Waals surface area contributed by atoms with Gasteiger partial charge in [0.15, 0.2) is 0 Å². The lowest BCUT2D eigenvalue weighted by atomic mass is 9.96. The summed E-state index contributed by atoms with van der Waals surface area (Å²) in [5, 5.41) is 6.49. The van der Waals surface area contributed by atoms with Crippen molar-refractivity contribution in [3.05, 3.63) is 83.6 Å². The van der Waals surface area contributed by atoms with Gasteiger partial charge in [0.1, 0.15) is 11.6 Å². The van der Waals surface area contributed by atoms with E-state index in [1.807, 2.05) is 43.3 Å². The van der Waals surface area contributed by atoms with Gasteiger partial charge < -0.3 is 25.2 Å². The van der Waals surface area contributed by atoms with Crippen molar-refractivity contribution in [2.75, 3.05) is 30.0 Å². The van der Waals surface area contributed by atoms with E-state index in [0.717, 1.165) is 68.7 Å². The van der Waals surface area contributed by atoms with Crippen LogP contribution in [0.15, 0.2) is 66.9 Å². The highest BCUT2D eigenvalue weighted by molar-refractivity contribution is 5.96. The van der Waals surface area contributed by atoms with Crippen LogP contribution in [0.3, 0.4) is 0 Å². The molecule has 8 nitrogen and oxygen atoms in total. The Balaban J connectivity index is 1.03. The monoisotopic (exact) mass is 553 g/mol. The van der Waals surface area contributed by atoms with Crippen molar-refractivity contribution in [2.45, 2.75) is 69.6 Å². The number of nitrogens with zero attached hydrogens (tertiary/aromatic N) is 3. The summed E-state index contributed by atoms with van der Waals surface area (Å²) in [5.41, 5.74) is 3.36. The number of hydrogen-bond donors (Lipinski definition) is 2. The van der Waals surface area contributed by atoms with Gasteiger partial charge in [0.25, 0.3) is 11.8 Å². The van der Waals surface area contributed by atoms with E-state index < -0.39 is 0 Å². The van der Waals surface area contributed by atoms with Crippen LogP contribution in [-0.2, 0) is 0 Å². The maximum atomic E-state index is 13.1. The van der Waals surface area contributed by atoms with Crippen LogP contribution in [0.2, 0.25) is 0 Å². The van der Waals surface area contributed by atoms with Crippen LogP contribution in [0.1, 0.15) is 64.8 Å². The van der Waals surface area contributed by atoms with Crippen LogP contribution < -0.4 is 25.2 Å². The largest absolute Gasteiger partial charge is 0.496 e. The van der Waals surface area contributed by atoms with E-state index in [0.29, 0.717) is 23.2 Å². The highest BCUT2D eigenvalue weighted by Gasteiger charge is 2.42. The number of hydrogen-bond acceptors (Lipinski definition) is 6. The summed E-state index contributed by atoms with van der Waals surface area (Å²) in [7, 11) is 1.63. The number of piperidine rings is 2. The fraction of sp³-hybridized carbons (Fsp3) is 0.424.